The minimum Gasteiger partial charge on any atom is -0.369 e. The Bertz CT molecular complexity index is 975. The van der Waals surface area contributed by atoms with Crippen molar-refractivity contribution in [3.8, 4) is 0 Å². The summed E-state index contributed by atoms with van der Waals surface area (Å²) in [6.07, 6.45) is -1.36. The predicted molar refractivity (Wildman–Crippen MR) is 102 cm³/mol. The van der Waals surface area contributed by atoms with Gasteiger partial charge in [0.15, 0.2) is 5.13 Å². The summed E-state index contributed by atoms with van der Waals surface area (Å²) in [5, 5.41) is 2.87. The number of nitrogens with zero attached hydrogens (tertiary/aromatic N) is 4. The topological polar surface area (TPSA) is 67.4 Å². The molecule has 0 aliphatic heterocycles. The zero-order chi connectivity index (χ0) is 19.8. The molecule has 0 spiro atoms. The molecule has 0 amide bonds. The maximum Gasteiger partial charge on any atom is 0.416 e. The number of thiazole rings is 1. The van der Waals surface area contributed by atoms with Crippen LogP contribution in [0.25, 0.3) is 10.9 Å². The van der Waals surface area contributed by atoms with Crippen molar-refractivity contribution in [3.05, 3.63) is 47.6 Å². The number of hydrogen-bond donors (Lipinski definition) is 1. The highest BCUT2D eigenvalue weighted by atomic mass is 32.1. The minimum atomic E-state index is -4.44. The molecule has 142 valence electrons. The number of rotatable bonds is 2. The van der Waals surface area contributed by atoms with Crippen LogP contribution >= 0.6 is 11.3 Å². The van der Waals surface area contributed by atoms with Gasteiger partial charge in [0.25, 0.3) is 0 Å². The molecule has 0 radical (unpaired) electrons. The van der Waals surface area contributed by atoms with E-state index in [0.717, 1.165) is 12.1 Å². The molecule has 1 aromatic carbocycles. The SMILES string of the molecule is CC(C)(C)N=C(N)N(c1nccs1)c1ccnc2cc(C(F)(F)F)ccc12. The van der Waals surface area contributed by atoms with Crippen LogP contribution in [0.4, 0.5) is 24.0 Å². The van der Waals surface area contributed by atoms with Gasteiger partial charge in [-0.1, -0.05) is 6.07 Å². The molecule has 0 saturated carbocycles. The summed E-state index contributed by atoms with van der Waals surface area (Å²) in [6, 6.07) is 5.13. The third-order valence-corrected chi connectivity index (χ3v) is 4.33. The largest absolute Gasteiger partial charge is 0.416 e. The fourth-order valence-corrected chi connectivity index (χ4v) is 3.21. The standard InChI is InChI=1S/C18H18F3N5S/c1-17(2,3)25-15(22)26(16-24-8-9-27-16)14-6-7-23-13-10-11(18(19,20)21)4-5-12(13)14/h4-10H,1-3H3,(H2,22,25). The summed E-state index contributed by atoms with van der Waals surface area (Å²) >= 11 is 1.35. The molecule has 0 fully saturated rings. The highest BCUT2D eigenvalue weighted by Gasteiger charge is 2.31. The van der Waals surface area contributed by atoms with Crippen molar-refractivity contribution < 1.29 is 13.2 Å². The molecule has 0 atom stereocenters. The number of halogens is 3. The second-order valence-corrected chi connectivity index (χ2v) is 7.72. The lowest BCUT2D eigenvalue weighted by molar-refractivity contribution is -0.137. The van der Waals surface area contributed by atoms with Crippen LogP contribution in [0.3, 0.4) is 0 Å². The predicted octanol–water partition coefficient (Wildman–Crippen LogP) is 4.96. The molecule has 2 heterocycles. The van der Waals surface area contributed by atoms with Crippen molar-refractivity contribution >= 4 is 39.0 Å². The number of benzene rings is 1. The maximum atomic E-state index is 13.0. The summed E-state index contributed by atoms with van der Waals surface area (Å²) in [5.41, 5.74) is 5.85. The Morgan fingerprint density at radius 2 is 1.85 bits per heavy atom. The summed E-state index contributed by atoms with van der Waals surface area (Å²) in [4.78, 5) is 14.5. The van der Waals surface area contributed by atoms with E-state index in [1.165, 1.54) is 23.6 Å². The fraction of sp³-hybridized carbons (Fsp3) is 0.278. The molecule has 0 bridgehead atoms. The van der Waals surface area contributed by atoms with Crippen LogP contribution in [0.15, 0.2) is 47.0 Å². The van der Waals surface area contributed by atoms with E-state index in [-0.39, 0.29) is 11.5 Å². The Morgan fingerprint density at radius 1 is 1.11 bits per heavy atom. The van der Waals surface area contributed by atoms with E-state index < -0.39 is 17.3 Å². The average molecular weight is 393 g/mol. The molecule has 3 rings (SSSR count). The van der Waals surface area contributed by atoms with Gasteiger partial charge in [-0.25, -0.2) is 9.98 Å². The lowest BCUT2D eigenvalue weighted by atomic mass is 10.1. The number of fused-ring (bicyclic) bond motifs is 1. The van der Waals surface area contributed by atoms with Gasteiger partial charge in [0.1, 0.15) is 0 Å². The van der Waals surface area contributed by atoms with Crippen LogP contribution in [0.2, 0.25) is 0 Å². The molecule has 2 N–H and O–H groups in total. The van der Waals surface area contributed by atoms with Crippen LogP contribution in [-0.2, 0) is 6.18 Å². The molecule has 0 aliphatic rings. The summed E-state index contributed by atoms with van der Waals surface area (Å²) in [6.45, 7) is 5.71. The number of alkyl halides is 3. The molecule has 0 saturated heterocycles. The van der Waals surface area contributed by atoms with Crippen LogP contribution in [0.1, 0.15) is 26.3 Å². The molecule has 0 unspecified atom stereocenters. The van der Waals surface area contributed by atoms with E-state index in [1.54, 1.807) is 22.5 Å². The number of guanidine groups is 1. The number of anilines is 2. The molecule has 3 aromatic rings. The Morgan fingerprint density at radius 3 is 2.44 bits per heavy atom. The first-order valence-electron chi connectivity index (χ1n) is 8.07. The maximum absolute atomic E-state index is 13.0. The van der Waals surface area contributed by atoms with E-state index in [4.69, 9.17) is 5.73 Å². The average Bonchev–Trinajstić information content (AvgIpc) is 3.06. The van der Waals surface area contributed by atoms with Gasteiger partial charge in [0, 0.05) is 23.2 Å². The summed E-state index contributed by atoms with van der Waals surface area (Å²) in [5.74, 6) is 0.199. The zero-order valence-electron chi connectivity index (χ0n) is 14.9. The molecule has 0 aliphatic carbocycles. The van der Waals surface area contributed by atoms with E-state index >= 15 is 0 Å². The van der Waals surface area contributed by atoms with Gasteiger partial charge in [-0.05, 0) is 39.0 Å². The van der Waals surface area contributed by atoms with Crippen molar-refractivity contribution in [1.29, 1.82) is 0 Å². The Labute approximate surface area is 158 Å². The van der Waals surface area contributed by atoms with Gasteiger partial charge < -0.3 is 5.73 Å². The normalized spacial score (nSPS) is 13.2. The van der Waals surface area contributed by atoms with Crippen LogP contribution in [0, 0.1) is 0 Å². The lowest BCUT2D eigenvalue weighted by Crippen LogP contribution is -2.36. The van der Waals surface area contributed by atoms with Gasteiger partial charge in [-0.15, -0.1) is 11.3 Å². The molecular weight excluding hydrogens is 375 g/mol. The van der Waals surface area contributed by atoms with Crippen molar-refractivity contribution in [2.24, 2.45) is 10.7 Å². The smallest absolute Gasteiger partial charge is 0.369 e. The number of pyridine rings is 1. The van der Waals surface area contributed by atoms with Crippen LogP contribution in [0.5, 0.6) is 0 Å². The van der Waals surface area contributed by atoms with Gasteiger partial charge in [-0.2, -0.15) is 13.2 Å². The monoisotopic (exact) mass is 393 g/mol. The molecule has 9 heteroatoms. The molecular formula is C18H18F3N5S. The quantitative estimate of drug-likeness (QED) is 0.494. The highest BCUT2D eigenvalue weighted by Crippen LogP contribution is 2.36. The Balaban J connectivity index is 2.21. The first kappa shape index (κ1) is 19.1. The van der Waals surface area contributed by atoms with Crippen LogP contribution < -0.4 is 10.6 Å². The molecule has 27 heavy (non-hydrogen) atoms. The Kier molecular flexibility index (Phi) is 4.81. The number of aromatic nitrogens is 2. The highest BCUT2D eigenvalue weighted by molar-refractivity contribution is 7.13. The van der Waals surface area contributed by atoms with Crippen molar-refractivity contribution in [3.63, 3.8) is 0 Å². The van der Waals surface area contributed by atoms with E-state index in [1.807, 2.05) is 20.8 Å². The summed E-state index contributed by atoms with van der Waals surface area (Å²) in [7, 11) is 0. The number of aliphatic imine (C=N–C) groups is 1. The third kappa shape index (κ3) is 4.19. The first-order chi connectivity index (χ1) is 12.6. The van der Waals surface area contributed by atoms with Crippen molar-refractivity contribution in [1.82, 2.24) is 9.97 Å². The summed E-state index contributed by atoms with van der Waals surface area (Å²) < 4.78 is 39.1. The Hall–Kier alpha value is -2.68. The second kappa shape index (κ2) is 6.80. The van der Waals surface area contributed by atoms with Crippen LogP contribution in [-0.4, -0.2) is 21.5 Å². The molecule has 5 nitrogen and oxygen atoms in total. The third-order valence-electron chi connectivity index (χ3n) is 3.58. The minimum absolute atomic E-state index is 0.199. The van der Waals surface area contributed by atoms with Crippen molar-refractivity contribution in [2.45, 2.75) is 32.5 Å². The fourth-order valence-electron chi connectivity index (χ4n) is 2.55. The first-order valence-corrected chi connectivity index (χ1v) is 8.95. The van der Waals surface area contributed by atoms with Gasteiger partial charge >= 0.3 is 6.18 Å². The van der Waals surface area contributed by atoms with E-state index in [9.17, 15) is 13.2 Å². The van der Waals surface area contributed by atoms with Gasteiger partial charge in [0.05, 0.1) is 22.3 Å². The lowest BCUT2D eigenvalue weighted by Gasteiger charge is -2.25. The zero-order valence-corrected chi connectivity index (χ0v) is 15.8. The molecule has 2 aromatic heterocycles. The van der Waals surface area contributed by atoms with Gasteiger partial charge in [0.2, 0.25) is 5.96 Å². The van der Waals surface area contributed by atoms with Gasteiger partial charge in [-0.3, -0.25) is 9.88 Å². The van der Waals surface area contributed by atoms with E-state index in [0.29, 0.717) is 16.2 Å². The second-order valence-electron chi connectivity index (χ2n) is 6.85. The van der Waals surface area contributed by atoms with E-state index in [2.05, 4.69) is 15.0 Å². The number of nitrogens with two attached hydrogens (primary N) is 1. The van der Waals surface area contributed by atoms with Crippen molar-refractivity contribution in [2.75, 3.05) is 4.90 Å². The number of hydrogen-bond acceptors (Lipinski definition) is 4.